The van der Waals surface area contributed by atoms with Gasteiger partial charge in [-0.3, -0.25) is 15.6 Å². The van der Waals surface area contributed by atoms with Crippen LogP contribution in [0.3, 0.4) is 0 Å². The Bertz CT molecular complexity index is 937. The van der Waals surface area contributed by atoms with Crippen LogP contribution in [0.4, 0.5) is 5.13 Å². The van der Waals surface area contributed by atoms with Crippen LogP contribution in [-0.2, 0) is 0 Å². The van der Waals surface area contributed by atoms with Crippen LogP contribution in [0.25, 0.3) is 10.2 Å². The van der Waals surface area contributed by atoms with Gasteiger partial charge in [0.1, 0.15) is 0 Å². The van der Waals surface area contributed by atoms with Gasteiger partial charge in [-0.1, -0.05) is 23.5 Å². The van der Waals surface area contributed by atoms with Crippen LogP contribution in [0.15, 0.2) is 30.3 Å². The van der Waals surface area contributed by atoms with E-state index in [4.69, 9.17) is 9.47 Å². The summed E-state index contributed by atoms with van der Waals surface area (Å²) in [5, 5.41) is 0.624. The van der Waals surface area contributed by atoms with Crippen molar-refractivity contribution in [2.24, 2.45) is 0 Å². The second kappa shape index (κ2) is 6.98. The van der Waals surface area contributed by atoms with Gasteiger partial charge in [0, 0.05) is 0 Å². The third-order valence-corrected chi connectivity index (χ3v) is 4.68. The number of thiazole rings is 1. The number of amides is 1. The molecule has 0 saturated heterocycles. The monoisotopic (exact) mass is 357 g/mol. The van der Waals surface area contributed by atoms with Gasteiger partial charge < -0.3 is 9.47 Å². The number of aromatic nitrogens is 1. The molecule has 0 bridgehead atoms. The quantitative estimate of drug-likeness (QED) is 0.682. The fourth-order valence-electron chi connectivity index (χ4n) is 2.67. The molecular formula is C18H19N3O3S. The van der Waals surface area contributed by atoms with Crippen LogP contribution in [0.1, 0.15) is 21.5 Å². The first-order valence-corrected chi connectivity index (χ1v) is 8.50. The number of hydrazine groups is 1. The largest absolute Gasteiger partial charge is 0.493 e. The maximum Gasteiger partial charge on any atom is 0.273 e. The molecule has 0 radical (unpaired) electrons. The summed E-state index contributed by atoms with van der Waals surface area (Å²) in [6.45, 7) is 4.08. The summed E-state index contributed by atoms with van der Waals surface area (Å²) in [5.41, 5.74) is 9.15. The normalized spacial score (nSPS) is 10.6. The molecule has 0 spiro atoms. The number of hydrogen-bond acceptors (Lipinski definition) is 6. The second-order valence-electron chi connectivity index (χ2n) is 5.57. The topological polar surface area (TPSA) is 72.5 Å². The fraction of sp³-hybridized carbons (Fsp3) is 0.222. The van der Waals surface area contributed by atoms with Gasteiger partial charge in [0.05, 0.1) is 30.0 Å². The summed E-state index contributed by atoms with van der Waals surface area (Å²) in [5.74, 6) is 0.559. The molecule has 2 N–H and O–H groups in total. The molecule has 1 aromatic heterocycles. The number of hydrogen-bond donors (Lipinski definition) is 2. The minimum Gasteiger partial charge on any atom is -0.493 e. The van der Waals surface area contributed by atoms with E-state index >= 15 is 0 Å². The van der Waals surface area contributed by atoms with E-state index in [2.05, 4.69) is 34.9 Å². The van der Waals surface area contributed by atoms with Gasteiger partial charge in [0.2, 0.25) is 5.13 Å². The summed E-state index contributed by atoms with van der Waals surface area (Å²) < 4.78 is 11.6. The maximum atomic E-state index is 12.5. The third-order valence-electron chi connectivity index (χ3n) is 3.76. The molecule has 0 aliphatic rings. The van der Waals surface area contributed by atoms with Crippen LogP contribution in [-0.4, -0.2) is 25.1 Å². The van der Waals surface area contributed by atoms with Crippen LogP contribution < -0.4 is 20.3 Å². The predicted molar refractivity (Wildman–Crippen MR) is 99.7 cm³/mol. The number of nitrogens with one attached hydrogen (secondary N) is 2. The van der Waals surface area contributed by atoms with Crippen molar-refractivity contribution in [3.05, 3.63) is 47.0 Å². The second-order valence-corrected chi connectivity index (χ2v) is 6.60. The molecule has 0 aliphatic carbocycles. The molecule has 3 rings (SSSR count). The van der Waals surface area contributed by atoms with Crippen molar-refractivity contribution in [3.8, 4) is 11.5 Å². The van der Waals surface area contributed by atoms with Crippen LogP contribution in [0.5, 0.6) is 11.5 Å². The first-order chi connectivity index (χ1) is 12.0. The van der Waals surface area contributed by atoms with Crippen molar-refractivity contribution >= 4 is 32.6 Å². The first-order valence-electron chi connectivity index (χ1n) is 7.68. The highest BCUT2D eigenvalue weighted by molar-refractivity contribution is 7.22. The molecule has 2 aromatic carbocycles. The number of rotatable bonds is 5. The number of para-hydroxylation sites is 1. The van der Waals surface area contributed by atoms with E-state index in [1.165, 1.54) is 31.1 Å². The van der Waals surface area contributed by atoms with Gasteiger partial charge in [0.25, 0.3) is 5.91 Å². The van der Waals surface area contributed by atoms with Gasteiger partial charge in [-0.25, -0.2) is 4.98 Å². The van der Waals surface area contributed by atoms with E-state index < -0.39 is 0 Å². The summed E-state index contributed by atoms with van der Waals surface area (Å²) in [7, 11) is 3.03. The predicted octanol–water partition coefficient (Wildman–Crippen LogP) is 3.69. The highest BCUT2D eigenvalue weighted by Crippen LogP contribution is 2.31. The van der Waals surface area contributed by atoms with Gasteiger partial charge in [0.15, 0.2) is 11.5 Å². The van der Waals surface area contributed by atoms with E-state index in [0.717, 1.165) is 15.8 Å². The van der Waals surface area contributed by atoms with Gasteiger partial charge in [-0.2, -0.15) is 0 Å². The molecule has 0 unspecified atom stereocenters. The van der Waals surface area contributed by atoms with Crippen molar-refractivity contribution in [1.82, 2.24) is 10.4 Å². The Kier molecular flexibility index (Phi) is 4.76. The summed E-state index contributed by atoms with van der Waals surface area (Å²) in [6, 6.07) is 9.32. The molecular weight excluding hydrogens is 338 g/mol. The number of anilines is 1. The average molecular weight is 357 g/mol. The summed E-state index contributed by atoms with van der Waals surface area (Å²) >= 11 is 1.49. The number of ether oxygens (including phenoxy) is 2. The molecule has 1 amide bonds. The van der Waals surface area contributed by atoms with E-state index in [9.17, 15) is 4.79 Å². The zero-order chi connectivity index (χ0) is 18.0. The molecule has 0 fully saturated rings. The van der Waals surface area contributed by atoms with E-state index in [1.807, 2.05) is 6.92 Å². The van der Waals surface area contributed by atoms with E-state index in [0.29, 0.717) is 22.2 Å². The molecule has 0 aliphatic heterocycles. The van der Waals surface area contributed by atoms with Crippen LogP contribution in [0.2, 0.25) is 0 Å². The average Bonchev–Trinajstić information content (AvgIpc) is 3.02. The standard InChI is InChI=1S/C18H19N3O3S/c1-10-8-11(2)15-14(9-10)25-18(19-15)21-20-17(22)12-6-5-7-13(23-3)16(12)24-4/h5-9H,1-4H3,(H,19,21)(H,20,22). The number of carbonyl (C=O) groups is 1. The zero-order valence-corrected chi connectivity index (χ0v) is 15.3. The minimum atomic E-state index is -0.331. The van der Waals surface area contributed by atoms with Crippen molar-refractivity contribution in [2.45, 2.75) is 13.8 Å². The Balaban J connectivity index is 1.80. The van der Waals surface area contributed by atoms with Crippen LogP contribution in [0, 0.1) is 13.8 Å². The molecule has 25 heavy (non-hydrogen) atoms. The summed E-state index contributed by atoms with van der Waals surface area (Å²) in [4.78, 5) is 17.0. The fourth-order valence-corrected chi connectivity index (χ4v) is 3.66. The minimum absolute atomic E-state index is 0.331. The molecule has 0 saturated carbocycles. The van der Waals surface area contributed by atoms with Gasteiger partial charge in [-0.15, -0.1) is 0 Å². The Morgan fingerprint density at radius 2 is 1.96 bits per heavy atom. The maximum absolute atomic E-state index is 12.5. The van der Waals surface area contributed by atoms with Crippen LogP contribution >= 0.6 is 11.3 Å². The lowest BCUT2D eigenvalue weighted by molar-refractivity contribution is 0.0959. The Morgan fingerprint density at radius 1 is 1.16 bits per heavy atom. The van der Waals surface area contributed by atoms with Crippen molar-refractivity contribution < 1.29 is 14.3 Å². The number of aryl methyl sites for hydroxylation is 2. The van der Waals surface area contributed by atoms with E-state index in [-0.39, 0.29) is 5.91 Å². The Labute approximate surface area is 149 Å². The lowest BCUT2D eigenvalue weighted by Crippen LogP contribution is -2.29. The molecule has 7 heteroatoms. The highest BCUT2D eigenvalue weighted by atomic mass is 32.1. The smallest absolute Gasteiger partial charge is 0.273 e. The van der Waals surface area contributed by atoms with Crippen molar-refractivity contribution in [1.29, 1.82) is 0 Å². The number of carbonyl (C=O) groups excluding carboxylic acids is 1. The number of fused-ring (bicyclic) bond motifs is 1. The SMILES string of the molecule is COc1cccc(C(=O)NNc2nc3c(C)cc(C)cc3s2)c1OC. The van der Waals surface area contributed by atoms with Crippen molar-refractivity contribution in [2.75, 3.05) is 19.6 Å². The Hall–Kier alpha value is -2.80. The molecule has 3 aromatic rings. The molecule has 130 valence electrons. The number of benzene rings is 2. The van der Waals surface area contributed by atoms with Crippen molar-refractivity contribution in [3.63, 3.8) is 0 Å². The zero-order valence-electron chi connectivity index (χ0n) is 14.5. The number of methoxy groups -OCH3 is 2. The first kappa shape index (κ1) is 17.0. The van der Waals surface area contributed by atoms with E-state index in [1.54, 1.807) is 18.2 Å². The summed E-state index contributed by atoms with van der Waals surface area (Å²) in [6.07, 6.45) is 0. The highest BCUT2D eigenvalue weighted by Gasteiger charge is 2.16. The molecule has 0 atom stereocenters. The lowest BCUT2D eigenvalue weighted by atomic mass is 10.1. The number of nitrogens with zero attached hydrogens (tertiary/aromatic N) is 1. The van der Waals surface area contributed by atoms with Gasteiger partial charge in [-0.05, 0) is 43.2 Å². The lowest BCUT2D eigenvalue weighted by Gasteiger charge is -2.12. The third kappa shape index (κ3) is 3.36. The molecule has 1 heterocycles. The Morgan fingerprint density at radius 3 is 2.68 bits per heavy atom. The molecule has 6 nitrogen and oxygen atoms in total. The van der Waals surface area contributed by atoms with Gasteiger partial charge >= 0.3 is 0 Å².